The number of carbonyl (C=O) groups is 2. The number of hydrogen-bond acceptors (Lipinski definition) is 5. The summed E-state index contributed by atoms with van der Waals surface area (Å²) >= 11 is 1.43. The standard InChI is InChI=1S/C19H26N4O2S/c1-4-21-17(24)15(11-20)19-23(5-2)18(25)16(26-19)13(3)12-22-14-9-7-6-8-10-14/h6-10,13,15-16,19,22H,4-5,12H2,1-3H3,(H,21,24). The van der Waals surface area contributed by atoms with Crippen LogP contribution in [0.25, 0.3) is 0 Å². The van der Waals surface area contributed by atoms with E-state index in [0.717, 1.165) is 5.69 Å². The van der Waals surface area contributed by atoms with E-state index in [2.05, 4.69) is 16.7 Å². The molecule has 7 heteroatoms. The van der Waals surface area contributed by atoms with Crippen molar-refractivity contribution in [3.05, 3.63) is 30.3 Å². The highest BCUT2D eigenvalue weighted by Crippen LogP contribution is 2.39. The maximum atomic E-state index is 12.8. The highest BCUT2D eigenvalue weighted by molar-refractivity contribution is 8.01. The molecule has 6 nitrogen and oxygen atoms in total. The summed E-state index contributed by atoms with van der Waals surface area (Å²) < 4.78 is 0. The third-order valence-corrected chi connectivity index (χ3v) is 6.20. The zero-order chi connectivity index (χ0) is 19.1. The van der Waals surface area contributed by atoms with Crippen molar-refractivity contribution in [1.82, 2.24) is 10.2 Å². The van der Waals surface area contributed by atoms with Crippen molar-refractivity contribution >= 4 is 29.3 Å². The molecule has 1 aromatic rings. The molecule has 0 bridgehead atoms. The molecule has 2 N–H and O–H groups in total. The van der Waals surface area contributed by atoms with Gasteiger partial charge >= 0.3 is 0 Å². The van der Waals surface area contributed by atoms with E-state index < -0.39 is 11.3 Å². The summed E-state index contributed by atoms with van der Waals surface area (Å²) in [5, 5.41) is 14.8. The van der Waals surface area contributed by atoms with E-state index in [0.29, 0.717) is 19.6 Å². The molecular formula is C19H26N4O2S. The lowest BCUT2D eigenvalue weighted by molar-refractivity contribution is -0.132. The molecule has 0 spiro atoms. The van der Waals surface area contributed by atoms with Crippen molar-refractivity contribution < 1.29 is 9.59 Å². The Morgan fingerprint density at radius 3 is 2.62 bits per heavy atom. The van der Waals surface area contributed by atoms with Gasteiger partial charge in [-0.05, 0) is 31.9 Å². The molecule has 1 aliphatic heterocycles. The van der Waals surface area contributed by atoms with Crippen molar-refractivity contribution in [2.75, 3.05) is 25.0 Å². The number of hydrogen-bond donors (Lipinski definition) is 2. The van der Waals surface area contributed by atoms with Crippen molar-refractivity contribution in [3.63, 3.8) is 0 Å². The van der Waals surface area contributed by atoms with Crippen LogP contribution in [0.3, 0.4) is 0 Å². The summed E-state index contributed by atoms with van der Waals surface area (Å²) in [6, 6.07) is 11.9. The summed E-state index contributed by atoms with van der Waals surface area (Å²) in [4.78, 5) is 26.7. The summed E-state index contributed by atoms with van der Waals surface area (Å²) in [5.41, 5.74) is 1.01. The van der Waals surface area contributed by atoms with Gasteiger partial charge in [-0.3, -0.25) is 9.59 Å². The van der Waals surface area contributed by atoms with Crippen molar-refractivity contribution in [2.24, 2.45) is 11.8 Å². The Morgan fingerprint density at radius 2 is 2.04 bits per heavy atom. The minimum atomic E-state index is -0.858. The Labute approximate surface area is 159 Å². The monoisotopic (exact) mass is 374 g/mol. The number of thioether (sulfide) groups is 1. The van der Waals surface area contributed by atoms with E-state index in [4.69, 9.17) is 0 Å². The Morgan fingerprint density at radius 1 is 1.35 bits per heavy atom. The second-order valence-corrected chi connectivity index (χ2v) is 7.56. The first-order valence-corrected chi connectivity index (χ1v) is 9.89. The van der Waals surface area contributed by atoms with Crippen LogP contribution in [0.4, 0.5) is 5.69 Å². The Bertz CT molecular complexity index is 661. The van der Waals surface area contributed by atoms with Crippen LogP contribution < -0.4 is 10.6 Å². The van der Waals surface area contributed by atoms with Crippen LogP contribution in [0.1, 0.15) is 20.8 Å². The molecule has 0 aliphatic carbocycles. The van der Waals surface area contributed by atoms with Gasteiger partial charge in [0.05, 0.1) is 11.3 Å². The van der Waals surface area contributed by atoms with E-state index in [1.807, 2.05) is 51.1 Å². The van der Waals surface area contributed by atoms with Crippen LogP contribution in [-0.2, 0) is 9.59 Å². The average molecular weight is 375 g/mol. The van der Waals surface area contributed by atoms with Crippen molar-refractivity contribution in [1.29, 1.82) is 5.26 Å². The van der Waals surface area contributed by atoms with Crippen LogP contribution in [0, 0.1) is 23.2 Å². The van der Waals surface area contributed by atoms with E-state index in [1.165, 1.54) is 11.8 Å². The summed E-state index contributed by atoms with van der Waals surface area (Å²) in [6.45, 7) is 7.33. The summed E-state index contributed by atoms with van der Waals surface area (Å²) in [5.74, 6) is -1.09. The molecule has 4 unspecified atom stereocenters. The lowest BCUT2D eigenvalue weighted by atomic mass is 10.1. The number of nitrogens with zero attached hydrogens (tertiary/aromatic N) is 2. The molecule has 1 aliphatic rings. The van der Waals surface area contributed by atoms with Crippen LogP contribution in [0.15, 0.2) is 30.3 Å². The molecule has 1 saturated heterocycles. The first kappa shape index (κ1) is 20.1. The highest BCUT2D eigenvalue weighted by Gasteiger charge is 2.47. The molecule has 140 valence electrons. The molecule has 1 fully saturated rings. The molecule has 1 heterocycles. The van der Waals surface area contributed by atoms with Gasteiger partial charge in [0.15, 0.2) is 5.92 Å². The fourth-order valence-electron chi connectivity index (χ4n) is 3.02. The van der Waals surface area contributed by atoms with Crippen molar-refractivity contribution in [3.8, 4) is 6.07 Å². The van der Waals surface area contributed by atoms with Crippen LogP contribution in [-0.4, -0.2) is 47.0 Å². The molecule has 0 saturated carbocycles. The van der Waals surface area contributed by atoms with Gasteiger partial charge in [0, 0.05) is 25.3 Å². The van der Waals surface area contributed by atoms with Gasteiger partial charge in [0.2, 0.25) is 11.8 Å². The number of amides is 2. The second kappa shape index (κ2) is 9.48. The second-order valence-electron chi connectivity index (χ2n) is 6.30. The normalized spacial score (nSPS) is 21.8. The van der Waals surface area contributed by atoms with E-state index in [1.54, 1.807) is 4.90 Å². The van der Waals surface area contributed by atoms with E-state index in [9.17, 15) is 14.9 Å². The summed E-state index contributed by atoms with van der Waals surface area (Å²) in [6.07, 6.45) is 0. The zero-order valence-corrected chi connectivity index (χ0v) is 16.3. The van der Waals surface area contributed by atoms with Gasteiger partial charge < -0.3 is 15.5 Å². The lowest BCUT2D eigenvalue weighted by Crippen LogP contribution is -2.44. The quantitative estimate of drug-likeness (QED) is 0.729. The molecule has 1 aromatic carbocycles. The number of nitrogens with one attached hydrogen (secondary N) is 2. The topological polar surface area (TPSA) is 85.2 Å². The van der Waals surface area contributed by atoms with Gasteiger partial charge in [-0.1, -0.05) is 25.1 Å². The summed E-state index contributed by atoms with van der Waals surface area (Å²) in [7, 11) is 0. The average Bonchev–Trinajstić information content (AvgIpc) is 2.97. The number of para-hydroxylation sites is 1. The first-order valence-electron chi connectivity index (χ1n) is 8.95. The molecule has 0 radical (unpaired) electrons. The molecule has 2 amide bonds. The predicted octanol–water partition coefficient (Wildman–Crippen LogP) is 2.30. The number of anilines is 1. The van der Waals surface area contributed by atoms with Crippen LogP contribution >= 0.6 is 11.8 Å². The lowest BCUT2D eigenvalue weighted by Gasteiger charge is -2.25. The third kappa shape index (κ3) is 4.50. The number of nitriles is 1. The minimum absolute atomic E-state index is 0.00871. The van der Waals surface area contributed by atoms with Gasteiger partial charge in [-0.2, -0.15) is 5.26 Å². The predicted molar refractivity (Wildman–Crippen MR) is 104 cm³/mol. The molecule has 0 aromatic heterocycles. The maximum absolute atomic E-state index is 12.8. The number of rotatable bonds is 8. The molecule has 4 atom stereocenters. The number of benzene rings is 1. The van der Waals surface area contributed by atoms with Gasteiger partial charge in [0.1, 0.15) is 5.37 Å². The van der Waals surface area contributed by atoms with E-state index >= 15 is 0 Å². The Hall–Kier alpha value is -2.20. The SMILES string of the molecule is CCNC(=O)C(C#N)C1SC(C(C)CNc2ccccc2)C(=O)N1CC. The molecule has 2 rings (SSSR count). The van der Waals surface area contributed by atoms with Gasteiger partial charge in [-0.25, -0.2) is 0 Å². The fraction of sp³-hybridized carbons (Fsp3) is 0.526. The maximum Gasteiger partial charge on any atom is 0.240 e. The zero-order valence-electron chi connectivity index (χ0n) is 15.4. The molecular weight excluding hydrogens is 348 g/mol. The van der Waals surface area contributed by atoms with Crippen molar-refractivity contribution in [2.45, 2.75) is 31.4 Å². The smallest absolute Gasteiger partial charge is 0.240 e. The Balaban J connectivity index is 2.07. The van der Waals surface area contributed by atoms with Crippen LogP contribution in [0.2, 0.25) is 0 Å². The number of carbonyl (C=O) groups excluding carboxylic acids is 2. The molecule has 26 heavy (non-hydrogen) atoms. The largest absolute Gasteiger partial charge is 0.385 e. The fourth-order valence-corrected chi connectivity index (χ4v) is 4.68. The highest BCUT2D eigenvalue weighted by atomic mass is 32.2. The Kier molecular flexibility index (Phi) is 7.34. The third-order valence-electron chi connectivity index (χ3n) is 4.44. The minimum Gasteiger partial charge on any atom is -0.385 e. The first-order chi connectivity index (χ1) is 12.5. The van der Waals surface area contributed by atoms with Gasteiger partial charge in [0.25, 0.3) is 0 Å². The van der Waals surface area contributed by atoms with E-state index in [-0.39, 0.29) is 23.0 Å². The van der Waals surface area contributed by atoms with Crippen LogP contribution in [0.5, 0.6) is 0 Å². The van der Waals surface area contributed by atoms with Gasteiger partial charge in [-0.15, -0.1) is 11.8 Å².